The van der Waals surface area contributed by atoms with Crippen LogP contribution in [-0.4, -0.2) is 50.2 Å². The van der Waals surface area contributed by atoms with Crippen molar-refractivity contribution in [3.8, 4) is 0 Å². The molecular weight excluding hydrogens is 344 g/mol. The van der Waals surface area contributed by atoms with Gasteiger partial charge in [-0.25, -0.2) is 9.78 Å². The molecule has 0 aromatic carbocycles. The Labute approximate surface area is 152 Å². The molecule has 0 fully saturated rings. The van der Waals surface area contributed by atoms with Crippen molar-refractivity contribution in [3.05, 3.63) is 15.6 Å². The number of esters is 2. The van der Waals surface area contributed by atoms with Crippen LogP contribution < -0.4 is 10.6 Å². The summed E-state index contributed by atoms with van der Waals surface area (Å²) in [5, 5.41) is 7.02. The summed E-state index contributed by atoms with van der Waals surface area (Å²) in [7, 11) is 3.00. The van der Waals surface area contributed by atoms with Crippen LogP contribution in [0.4, 0.5) is 0 Å². The van der Waals surface area contributed by atoms with Crippen molar-refractivity contribution in [2.24, 2.45) is 10.9 Å². The summed E-state index contributed by atoms with van der Waals surface area (Å²) in [6.45, 7) is 7.96. The van der Waals surface area contributed by atoms with Crippen molar-refractivity contribution in [1.82, 2.24) is 15.6 Å². The standard InChI is InChI=1S/C16H26N4O4S/c1-7-24-15(22)12-10(3)19-13(25-12)11(4)20-16(17-5)18-8-9(2)14(21)23-6/h9,11H,7-8H2,1-6H3,(H2,17,18,20). The molecule has 0 radical (unpaired) electrons. The molecule has 0 aliphatic rings. The molecule has 0 aliphatic carbocycles. The zero-order valence-electron chi connectivity index (χ0n) is 15.5. The quantitative estimate of drug-likeness (QED) is 0.427. The minimum Gasteiger partial charge on any atom is -0.469 e. The third-order valence-electron chi connectivity index (χ3n) is 3.40. The molecule has 0 aliphatic heterocycles. The van der Waals surface area contributed by atoms with Crippen molar-refractivity contribution >= 4 is 29.2 Å². The van der Waals surface area contributed by atoms with Gasteiger partial charge in [0.05, 0.1) is 31.4 Å². The number of rotatable bonds is 7. The van der Waals surface area contributed by atoms with Crippen molar-refractivity contribution in [3.63, 3.8) is 0 Å². The molecule has 0 saturated heterocycles. The minimum atomic E-state index is -0.356. The van der Waals surface area contributed by atoms with Crippen LogP contribution in [0, 0.1) is 12.8 Å². The van der Waals surface area contributed by atoms with Crippen LogP contribution in [0.2, 0.25) is 0 Å². The second-order valence-corrected chi connectivity index (χ2v) is 6.46. The van der Waals surface area contributed by atoms with Crippen molar-refractivity contribution < 1.29 is 19.1 Å². The topological polar surface area (TPSA) is 102 Å². The lowest BCUT2D eigenvalue weighted by atomic mass is 10.2. The Morgan fingerprint density at radius 3 is 2.60 bits per heavy atom. The first-order valence-corrected chi connectivity index (χ1v) is 8.85. The van der Waals surface area contributed by atoms with E-state index in [-0.39, 0.29) is 23.9 Å². The van der Waals surface area contributed by atoms with Gasteiger partial charge in [-0.1, -0.05) is 6.92 Å². The average molecular weight is 370 g/mol. The summed E-state index contributed by atoms with van der Waals surface area (Å²) in [4.78, 5) is 32.4. The zero-order valence-corrected chi connectivity index (χ0v) is 16.3. The number of carbonyl (C=O) groups is 2. The van der Waals surface area contributed by atoms with Gasteiger partial charge in [-0.05, 0) is 20.8 Å². The Balaban J connectivity index is 2.70. The van der Waals surface area contributed by atoms with Gasteiger partial charge in [-0.15, -0.1) is 11.3 Å². The van der Waals surface area contributed by atoms with E-state index in [1.165, 1.54) is 18.4 Å². The van der Waals surface area contributed by atoms with E-state index in [1.807, 2.05) is 6.92 Å². The fourth-order valence-corrected chi connectivity index (χ4v) is 2.95. The van der Waals surface area contributed by atoms with E-state index in [0.717, 1.165) is 5.01 Å². The summed E-state index contributed by atoms with van der Waals surface area (Å²) in [6, 6.07) is -0.161. The number of guanidine groups is 1. The highest BCUT2D eigenvalue weighted by atomic mass is 32.1. The predicted molar refractivity (Wildman–Crippen MR) is 96.9 cm³/mol. The molecular formula is C16H26N4O4S. The van der Waals surface area contributed by atoms with Crippen LogP contribution in [-0.2, 0) is 14.3 Å². The highest BCUT2D eigenvalue weighted by molar-refractivity contribution is 7.13. The van der Waals surface area contributed by atoms with E-state index in [9.17, 15) is 9.59 Å². The third kappa shape index (κ3) is 6.00. The van der Waals surface area contributed by atoms with Gasteiger partial charge in [-0.2, -0.15) is 0 Å². The molecule has 0 saturated carbocycles. The van der Waals surface area contributed by atoms with E-state index in [2.05, 4.69) is 20.6 Å². The highest BCUT2D eigenvalue weighted by Gasteiger charge is 2.20. The van der Waals surface area contributed by atoms with E-state index in [1.54, 1.807) is 27.8 Å². The molecule has 1 aromatic heterocycles. The van der Waals surface area contributed by atoms with Crippen LogP contribution in [0.1, 0.15) is 47.2 Å². The fraction of sp³-hybridized carbons (Fsp3) is 0.625. The van der Waals surface area contributed by atoms with Gasteiger partial charge in [0.1, 0.15) is 9.88 Å². The smallest absolute Gasteiger partial charge is 0.350 e. The molecule has 25 heavy (non-hydrogen) atoms. The summed E-state index contributed by atoms with van der Waals surface area (Å²) in [6.07, 6.45) is 0. The number of aliphatic imine (C=N–C) groups is 1. The molecule has 0 bridgehead atoms. The number of ether oxygens (including phenoxy) is 2. The molecule has 1 aromatic rings. The minimum absolute atomic E-state index is 0.161. The van der Waals surface area contributed by atoms with Crippen LogP contribution in [0.25, 0.3) is 0 Å². The number of nitrogens with zero attached hydrogens (tertiary/aromatic N) is 2. The lowest BCUT2D eigenvalue weighted by Crippen LogP contribution is -2.41. The number of hydrogen-bond acceptors (Lipinski definition) is 7. The molecule has 0 amide bonds. The Kier molecular flexibility index (Phi) is 8.33. The van der Waals surface area contributed by atoms with Gasteiger partial charge >= 0.3 is 11.9 Å². The number of methoxy groups -OCH3 is 1. The van der Waals surface area contributed by atoms with Gasteiger partial charge in [0, 0.05) is 13.6 Å². The van der Waals surface area contributed by atoms with Crippen LogP contribution in [0.5, 0.6) is 0 Å². The molecule has 8 nitrogen and oxygen atoms in total. The first kappa shape index (κ1) is 20.9. The van der Waals surface area contributed by atoms with Gasteiger partial charge in [0.15, 0.2) is 5.96 Å². The molecule has 2 N–H and O–H groups in total. The number of hydrogen-bond donors (Lipinski definition) is 2. The molecule has 140 valence electrons. The summed E-state index contributed by atoms with van der Waals surface area (Å²) < 4.78 is 9.73. The monoisotopic (exact) mass is 370 g/mol. The Hall–Kier alpha value is -2.16. The molecule has 2 atom stereocenters. The Bertz CT molecular complexity index is 630. The Morgan fingerprint density at radius 2 is 2.04 bits per heavy atom. The molecule has 0 spiro atoms. The lowest BCUT2D eigenvalue weighted by Gasteiger charge is -2.17. The summed E-state index contributed by atoms with van der Waals surface area (Å²) in [5.41, 5.74) is 0.648. The van der Waals surface area contributed by atoms with Crippen LogP contribution in [0.3, 0.4) is 0 Å². The molecule has 1 rings (SSSR count). The van der Waals surface area contributed by atoms with Crippen molar-refractivity contribution in [2.75, 3.05) is 27.3 Å². The molecule has 9 heteroatoms. The first-order chi connectivity index (χ1) is 11.8. The SMILES string of the molecule is CCOC(=O)c1sc(C(C)NC(=NC)NCC(C)C(=O)OC)nc1C. The van der Waals surface area contributed by atoms with Gasteiger partial charge < -0.3 is 20.1 Å². The van der Waals surface area contributed by atoms with Gasteiger partial charge in [0.2, 0.25) is 0 Å². The second kappa shape index (κ2) is 9.97. The normalized spacial score (nSPS) is 13.8. The lowest BCUT2D eigenvalue weighted by molar-refractivity contribution is -0.144. The molecule has 1 heterocycles. The van der Waals surface area contributed by atoms with E-state index in [0.29, 0.717) is 29.7 Å². The van der Waals surface area contributed by atoms with E-state index < -0.39 is 0 Å². The van der Waals surface area contributed by atoms with Crippen molar-refractivity contribution in [1.29, 1.82) is 0 Å². The maximum atomic E-state index is 11.9. The molecule has 2 unspecified atom stereocenters. The third-order valence-corrected chi connectivity index (χ3v) is 4.72. The first-order valence-electron chi connectivity index (χ1n) is 8.03. The van der Waals surface area contributed by atoms with E-state index >= 15 is 0 Å². The van der Waals surface area contributed by atoms with Crippen molar-refractivity contribution in [2.45, 2.75) is 33.7 Å². The fourth-order valence-electron chi connectivity index (χ4n) is 1.98. The largest absolute Gasteiger partial charge is 0.469 e. The zero-order chi connectivity index (χ0) is 19.0. The number of aromatic nitrogens is 1. The number of aryl methyl sites for hydroxylation is 1. The Morgan fingerprint density at radius 1 is 1.36 bits per heavy atom. The number of nitrogens with one attached hydrogen (secondary N) is 2. The van der Waals surface area contributed by atoms with Crippen LogP contribution >= 0.6 is 11.3 Å². The maximum Gasteiger partial charge on any atom is 0.350 e. The summed E-state index contributed by atoms with van der Waals surface area (Å²) >= 11 is 1.30. The van der Waals surface area contributed by atoms with Gasteiger partial charge in [0.25, 0.3) is 0 Å². The van der Waals surface area contributed by atoms with Gasteiger partial charge in [-0.3, -0.25) is 9.79 Å². The number of thiazole rings is 1. The predicted octanol–water partition coefficient (Wildman–Crippen LogP) is 1.66. The highest BCUT2D eigenvalue weighted by Crippen LogP contribution is 2.24. The van der Waals surface area contributed by atoms with E-state index in [4.69, 9.17) is 9.47 Å². The second-order valence-electron chi connectivity index (χ2n) is 5.43. The number of carbonyl (C=O) groups excluding carboxylic acids is 2. The summed E-state index contributed by atoms with van der Waals surface area (Å²) in [5.74, 6) is -0.402. The van der Waals surface area contributed by atoms with Crippen LogP contribution in [0.15, 0.2) is 4.99 Å². The maximum absolute atomic E-state index is 11.9. The average Bonchev–Trinajstić information content (AvgIpc) is 2.99.